The molecule has 0 amide bonds. The average Bonchev–Trinajstić information content (AvgIpc) is 3.13. The van der Waals surface area contributed by atoms with Crippen LogP contribution < -0.4 is 10.6 Å². The lowest BCUT2D eigenvalue weighted by Crippen LogP contribution is -2.12. The molecule has 0 atom stereocenters. The van der Waals surface area contributed by atoms with E-state index in [0.717, 1.165) is 45.0 Å². The quantitative estimate of drug-likeness (QED) is 0.177. The van der Waals surface area contributed by atoms with E-state index in [0.29, 0.717) is 0 Å². The summed E-state index contributed by atoms with van der Waals surface area (Å²) in [4.78, 5) is 0. The van der Waals surface area contributed by atoms with E-state index in [4.69, 9.17) is 0 Å². The smallest absolute Gasteiger partial charge is 0.0543 e. The minimum atomic E-state index is -0.0729. The van der Waals surface area contributed by atoms with Gasteiger partial charge in [0.25, 0.3) is 0 Å². The Balaban J connectivity index is 1.39. The molecule has 234 valence electrons. The van der Waals surface area contributed by atoms with Gasteiger partial charge in [0.15, 0.2) is 0 Å². The number of nitrogens with one attached hydrogen (secondary N) is 2. The van der Waals surface area contributed by atoms with Crippen molar-refractivity contribution in [3.8, 4) is 44.5 Å². The summed E-state index contributed by atoms with van der Waals surface area (Å²) < 4.78 is 0. The van der Waals surface area contributed by atoms with Crippen molar-refractivity contribution in [2.45, 2.75) is 26.2 Å². The van der Waals surface area contributed by atoms with Crippen molar-refractivity contribution in [3.05, 3.63) is 181 Å². The molecular weight excluding hydrogens is 581 g/mol. The zero-order chi connectivity index (χ0) is 32.9. The predicted octanol–water partition coefficient (Wildman–Crippen LogP) is 13.1. The SMILES string of the molecule is CC(C)(C)c1cc(Nc2c(-c3ccccc3)cccc2-c2ccccc2)cc(Nc2c(-c3ccccc3)cccc2-c2ccccc2)c1. The van der Waals surface area contributed by atoms with E-state index in [1.807, 2.05) is 0 Å². The lowest BCUT2D eigenvalue weighted by atomic mass is 9.86. The number of hydrogen-bond donors (Lipinski definition) is 2. The highest BCUT2D eigenvalue weighted by Crippen LogP contribution is 2.42. The normalized spacial score (nSPS) is 11.2. The van der Waals surface area contributed by atoms with Crippen molar-refractivity contribution in [1.29, 1.82) is 0 Å². The van der Waals surface area contributed by atoms with E-state index in [-0.39, 0.29) is 5.41 Å². The largest absolute Gasteiger partial charge is 0.354 e. The molecule has 0 unspecified atom stereocenters. The molecule has 0 aliphatic heterocycles. The van der Waals surface area contributed by atoms with E-state index >= 15 is 0 Å². The van der Waals surface area contributed by atoms with Crippen LogP contribution in [-0.4, -0.2) is 0 Å². The Bertz CT molecular complexity index is 1870. The molecule has 0 bridgehead atoms. The van der Waals surface area contributed by atoms with Crippen molar-refractivity contribution in [2.75, 3.05) is 10.6 Å². The Kier molecular flexibility index (Phi) is 8.64. The zero-order valence-electron chi connectivity index (χ0n) is 27.7. The van der Waals surface area contributed by atoms with E-state index < -0.39 is 0 Å². The third-order valence-corrected chi connectivity index (χ3v) is 8.81. The minimum Gasteiger partial charge on any atom is -0.354 e. The highest BCUT2D eigenvalue weighted by atomic mass is 14.9. The molecule has 7 rings (SSSR count). The molecule has 48 heavy (non-hydrogen) atoms. The maximum atomic E-state index is 3.93. The Morgan fingerprint density at radius 1 is 0.333 bits per heavy atom. The molecule has 0 aliphatic rings. The molecule has 2 heteroatoms. The van der Waals surface area contributed by atoms with Crippen LogP contribution in [0.2, 0.25) is 0 Å². The first-order valence-electron chi connectivity index (χ1n) is 16.6. The Hall–Kier alpha value is -5.86. The highest BCUT2D eigenvalue weighted by molar-refractivity contribution is 5.95. The predicted molar refractivity (Wildman–Crippen MR) is 206 cm³/mol. The van der Waals surface area contributed by atoms with Crippen molar-refractivity contribution in [3.63, 3.8) is 0 Å². The lowest BCUT2D eigenvalue weighted by molar-refractivity contribution is 0.591. The average molecular weight is 621 g/mol. The highest BCUT2D eigenvalue weighted by Gasteiger charge is 2.19. The first kappa shape index (κ1) is 30.8. The van der Waals surface area contributed by atoms with Crippen LogP contribution in [0.4, 0.5) is 22.7 Å². The molecule has 0 radical (unpaired) electrons. The van der Waals surface area contributed by atoms with Gasteiger partial charge in [0.1, 0.15) is 0 Å². The summed E-state index contributed by atoms with van der Waals surface area (Å²) in [5.41, 5.74) is 14.7. The third-order valence-electron chi connectivity index (χ3n) is 8.81. The maximum Gasteiger partial charge on any atom is 0.0543 e. The molecule has 7 aromatic rings. The third kappa shape index (κ3) is 6.65. The van der Waals surface area contributed by atoms with E-state index in [1.54, 1.807) is 0 Å². The van der Waals surface area contributed by atoms with Crippen molar-refractivity contribution in [1.82, 2.24) is 0 Å². The van der Waals surface area contributed by atoms with Crippen LogP contribution in [0, 0.1) is 0 Å². The topological polar surface area (TPSA) is 24.1 Å². The second kappa shape index (κ2) is 13.5. The van der Waals surface area contributed by atoms with Gasteiger partial charge in [-0.05, 0) is 51.4 Å². The Morgan fingerprint density at radius 2 is 0.625 bits per heavy atom. The summed E-state index contributed by atoms with van der Waals surface area (Å²) >= 11 is 0. The van der Waals surface area contributed by atoms with Gasteiger partial charge in [-0.25, -0.2) is 0 Å². The summed E-state index contributed by atoms with van der Waals surface area (Å²) in [5.74, 6) is 0. The summed E-state index contributed by atoms with van der Waals surface area (Å²) in [6, 6.07) is 62.5. The fraction of sp³-hybridized carbons (Fsp3) is 0.0870. The number of para-hydroxylation sites is 2. The molecule has 0 aromatic heterocycles. The van der Waals surface area contributed by atoms with Gasteiger partial charge in [0.2, 0.25) is 0 Å². The standard InChI is InChI=1S/C46H40N2/c1-46(2,3)37-30-38(47-44-40(33-18-8-4-9-19-33)26-16-27-41(44)34-20-10-5-11-21-34)32-39(31-37)48-45-42(35-22-12-6-13-23-35)28-17-29-43(45)36-24-14-7-15-25-36/h4-32,47-48H,1-3H3. The van der Waals surface area contributed by atoms with Crippen molar-refractivity contribution in [2.24, 2.45) is 0 Å². The monoisotopic (exact) mass is 620 g/mol. The fourth-order valence-corrected chi connectivity index (χ4v) is 6.30. The summed E-state index contributed by atoms with van der Waals surface area (Å²) in [7, 11) is 0. The molecule has 0 spiro atoms. The molecule has 0 heterocycles. The Labute approximate surface area is 284 Å². The number of benzene rings is 7. The maximum absolute atomic E-state index is 3.93. The molecule has 0 saturated heterocycles. The summed E-state index contributed by atoms with van der Waals surface area (Å²) in [5, 5.41) is 7.86. The van der Waals surface area contributed by atoms with Crippen LogP contribution in [-0.2, 0) is 5.41 Å². The number of rotatable bonds is 8. The first-order chi connectivity index (χ1) is 23.4. The van der Waals surface area contributed by atoms with Crippen LogP contribution in [0.3, 0.4) is 0 Å². The number of hydrogen-bond acceptors (Lipinski definition) is 2. The van der Waals surface area contributed by atoms with Crippen molar-refractivity contribution < 1.29 is 0 Å². The van der Waals surface area contributed by atoms with Crippen LogP contribution in [0.1, 0.15) is 26.3 Å². The molecular formula is C46H40N2. The van der Waals surface area contributed by atoms with Gasteiger partial charge in [-0.3, -0.25) is 0 Å². The lowest BCUT2D eigenvalue weighted by Gasteiger charge is -2.24. The van der Waals surface area contributed by atoms with Crippen LogP contribution >= 0.6 is 0 Å². The van der Waals surface area contributed by atoms with Gasteiger partial charge in [0.05, 0.1) is 11.4 Å². The van der Waals surface area contributed by atoms with E-state index in [2.05, 4.69) is 207 Å². The van der Waals surface area contributed by atoms with Gasteiger partial charge in [-0.2, -0.15) is 0 Å². The van der Waals surface area contributed by atoms with E-state index in [9.17, 15) is 0 Å². The van der Waals surface area contributed by atoms with Gasteiger partial charge in [-0.1, -0.05) is 178 Å². The summed E-state index contributed by atoms with van der Waals surface area (Å²) in [6.45, 7) is 6.82. The number of anilines is 4. The zero-order valence-corrected chi connectivity index (χ0v) is 27.7. The molecule has 0 fully saturated rings. The van der Waals surface area contributed by atoms with E-state index in [1.165, 1.54) is 27.8 Å². The minimum absolute atomic E-state index is 0.0729. The molecule has 2 nitrogen and oxygen atoms in total. The van der Waals surface area contributed by atoms with Crippen LogP contribution in [0.5, 0.6) is 0 Å². The van der Waals surface area contributed by atoms with Crippen LogP contribution in [0.25, 0.3) is 44.5 Å². The second-order valence-electron chi connectivity index (χ2n) is 13.2. The molecule has 2 N–H and O–H groups in total. The van der Waals surface area contributed by atoms with Gasteiger partial charge >= 0.3 is 0 Å². The van der Waals surface area contributed by atoms with Gasteiger partial charge in [0, 0.05) is 33.6 Å². The van der Waals surface area contributed by atoms with Gasteiger partial charge in [-0.15, -0.1) is 0 Å². The Morgan fingerprint density at radius 3 is 0.896 bits per heavy atom. The van der Waals surface area contributed by atoms with Crippen molar-refractivity contribution >= 4 is 22.7 Å². The summed E-state index contributed by atoms with van der Waals surface area (Å²) in [6.07, 6.45) is 0. The fourth-order valence-electron chi connectivity index (χ4n) is 6.30. The molecule has 7 aromatic carbocycles. The second-order valence-corrected chi connectivity index (χ2v) is 13.2. The first-order valence-corrected chi connectivity index (χ1v) is 16.6. The molecule has 0 saturated carbocycles. The molecule has 0 aliphatic carbocycles. The van der Waals surface area contributed by atoms with Crippen LogP contribution in [0.15, 0.2) is 176 Å². The van der Waals surface area contributed by atoms with Gasteiger partial charge < -0.3 is 10.6 Å².